The highest BCUT2D eigenvalue weighted by Gasteiger charge is 2.63. The predicted molar refractivity (Wildman–Crippen MR) is 109 cm³/mol. The van der Waals surface area contributed by atoms with Crippen LogP contribution in [0, 0.1) is 5.53 Å². The van der Waals surface area contributed by atoms with E-state index in [4.69, 9.17) is 19.6 Å². The summed E-state index contributed by atoms with van der Waals surface area (Å²) in [6.07, 6.45) is -5.30. The standard InChI is InChI=1S/C18H18FN6O9P/c1-10(16(28)29)25(34-11-5-3-2-4-6-11)35(31)32-9-18(22-23-20)14(19)13(27)15(33-18)24-8-7-12(26)21-17(24)30/h2-8,10,13-15,20,27H,9H2,1H3/p+1/t10?,13-,14+,15-,18-/m1/s1. The van der Waals surface area contributed by atoms with E-state index in [1.54, 1.807) is 18.2 Å². The predicted octanol–water partition coefficient (Wildman–Crippen LogP) is -0.881. The summed E-state index contributed by atoms with van der Waals surface area (Å²) in [6, 6.07) is 6.98. The molecule has 1 saturated heterocycles. The summed E-state index contributed by atoms with van der Waals surface area (Å²) < 4.78 is 39.1. The Hall–Kier alpha value is -3.65. The van der Waals surface area contributed by atoms with Crippen LogP contribution in [0.25, 0.3) is 0 Å². The van der Waals surface area contributed by atoms with Gasteiger partial charge in [0.2, 0.25) is 4.91 Å². The van der Waals surface area contributed by atoms with Gasteiger partial charge in [-0.2, -0.15) is 0 Å². The molecule has 186 valence electrons. The van der Waals surface area contributed by atoms with E-state index in [9.17, 15) is 29.2 Å². The minimum absolute atomic E-state index is 0.0986. The Kier molecular flexibility index (Phi) is 7.96. The molecule has 2 heterocycles. The summed E-state index contributed by atoms with van der Waals surface area (Å²) in [5.41, 5.74) is 2.64. The smallest absolute Gasteiger partial charge is 0.548 e. The topological polar surface area (TPSA) is 214 Å². The molecule has 0 spiro atoms. The van der Waals surface area contributed by atoms with Crippen molar-refractivity contribution in [1.82, 2.24) is 19.3 Å². The number of halogens is 1. The summed E-state index contributed by atoms with van der Waals surface area (Å²) in [5, 5.41) is 25.0. The van der Waals surface area contributed by atoms with Gasteiger partial charge in [0.15, 0.2) is 29.9 Å². The van der Waals surface area contributed by atoms with Crippen molar-refractivity contribution in [2.75, 3.05) is 6.61 Å². The van der Waals surface area contributed by atoms with Crippen LogP contribution in [0.1, 0.15) is 13.2 Å². The molecule has 0 bridgehead atoms. The summed E-state index contributed by atoms with van der Waals surface area (Å²) in [5.74, 6) is -1.57. The molecule has 2 unspecified atom stereocenters. The molecule has 3 rings (SSSR count). The van der Waals surface area contributed by atoms with E-state index in [2.05, 4.69) is 10.0 Å². The fraction of sp³-hybridized carbons (Fsp3) is 0.389. The SMILES string of the molecule is CC(C(=O)[O-])N(Oc1ccccc1)[P+](=O)OC[C@@]1(N=[N+]=N)O[C@@H](n2ccc(=O)[nH]c2=O)[C@H](O)[C@@H]1F. The molecule has 1 aliphatic heterocycles. The van der Waals surface area contributed by atoms with Crippen LogP contribution in [0.4, 0.5) is 4.39 Å². The lowest BCUT2D eigenvalue weighted by molar-refractivity contribution is -0.313. The first-order chi connectivity index (χ1) is 16.6. The van der Waals surface area contributed by atoms with Gasteiger partial charge in [-0.1, -0.05) is 18.2 Å². The molecule has 1 aliphatic rings. The number of aliphatic hydroxyl groups excluding tert-OH is 1. The average molecular weight is 513 g/mol. The fourth-order valence-electron chi connectivity index (χ4n) is 3.05. The van der Waals surface area contributed by atoms with Crippen molar-refractivity contribution in [2.24, 2.45) is 5.11 Å². The molecule has 1 fully saturated rings. The maximum absolute atomic E-state index is 15.1. The van der Waals surface area contributed by atoms with Gasteiger partial charge in [-0.05, 0) is 23.6 Å². The molecule has 17 heteroatoms. The largest absolute Gasteiger partial charge is 0.653 e. The summed E-state index contributed by atoms with van der Waals surface area (Å²) in [4.78, 5) is 45.1. The Balaban J connectivity index is 1.85. The van der Waals surface area contributed by atoms with Gasteiger partial charge in [-0.25, -0.2) is 9.18 Å². The molecule has 0 amide bonds. The molecular weight excluding hydrogens is 494 g/mol. The minimum atomic E-state index is -3.18. The summed E-state index contributed by atoms with van der Waals surface area (Å²) in [6.45, 7) is 0.0480. The van der Waals surface area contributed by atoms with Crippen LogP contribution >= 0.6 is 8.18 Å². The average Bonchev–Trinajstić information content (AvgIpc) is 3.07. The third kappa shape index (κ3) is 5.54. The second kappa shape index (κ2) is 10.7. The molecule has 0 saturated carbocycles. The van der Waals surface area contributed by atoms with E-state index >= 15 is 4.39 Å². The van der Waals surface area contributed by atoms with E-state index in [0.717, 1.165) is 19.2 Å². The molecule has 35 heavy (non-hydrogen) atoms. The zero-order chi connectivity index (χ0) is 25.8. The van der Waals surface area contributed by atoms with Crippen molar-refractivity contribution in [1.29, 1.82) is 5.53 Å². The number of rotatable bonds is 10. The first-order valence-electron chi connectivity index (χ1n) is 9.83. The van der Waals surface area contributed by atoms with E-state index in [-0.39, 0.29) is 5.75 Å². The number of hydrogen-bond donors (Lipinski definition) is 3. The third-order valence-corrected chi connectivity index (χ3v) is 5.95. The molecule has 1 aromatic heterocycles. The summed E-state index contributed by atoms with van der Waals surface area (Å²) in [7, 11) is -3.18. The highest BCUT2D eigenvalue weighted by atomic mass is 31.1. The van der Waals surface area contributed by atoms with E-state index in [1.807, 2.05) is 4.98 Å². The number of nitrogens with zero attached hydrogens (tertiary/aromatic N) is 4. The minimum Gasteiger partial charge on any atom is -0.548 e. The number of benzene rings is 1. The number of para-hydroxylation sites is 1. The molecule has 0 radical (unpaired) electrons. The molecule has 2 aromatic rings. The van der Waals surface area contributed by atoms with Gasteiger partial charge in [0.05, 0.1) is 5.97 Å². The number of H-pyrrole nitrogens is 1. The van der Waals surface area contributed by atoms with E-state index < -0.39 is 62.3 Å². The molecule has 6 atom stereocenters. The Morgan fingerprint density at radius 3 is 2.74 bits per heavy atom. The van der Waals surface area contributed by atoms with Gasteiger partial charge >= 0.3 is 19.6 Å². The maximum Gasteiger partial charge on any atom is 0.653 e. The van der Waals surface area contributed by atoms with Gasteiger partial charge in [-0.15, -0.1) is 4.52 Å². The summed E-state index contributed by atoms with van der Waals surface area (Å²) >= 11 is 0. The number of carbonyl (C=O) groups is 1. The van der Waals surface area contributed by atoms with Crippen molar-refractivity contribution in [3.8, 4) is 5.75 Å². The number of carboxylic acid groups (broad SMARTS) is 1. The fourth-order valence-corrected chi connectivity index (χ4v) is 4.00. The highest BCUT2D eigenvalue weighted by molar-refractivity contribution is 7.36. The Morgan fingerprint density at radius 1 is 1.46 bits per heavy atom. The van der Waals surface area contributed by atoms with Crippen molar-refractivity contribution in [2.45, 2.75) is 37.2 Å². The van der Waals surface area contributed by atoms with Crippen LogP contribution in [0.3, 0.4) is 0 Å². The quantitative estimate of drug-likeness (QED) is 0.154. The van der Waals surface area contributed by atoms with Gasteiger partial charge < -0.3 is 24.6 Å². The molecule has 15 nitrogen and oxygen atoms in total. The third-order valence-electron chi connectivity index (χ3n) is 4.85. The normalized spacial score (nSPS) is 25.0. The number of aliphatic carboxylic acids is 1. The van der Waals surface area contributed by atoms with Crippen molar-refractivity contribution in [3.63, 3.8) is 0 Å². The van der Waals surface area contributed by atoms with Crippen LogP contribution in [-0.4, -0.2) is 56.1 Å². The van der Waals surface area contributed by atoms with Crippen molar-refractivity contribution < 1.29 is 38.1 Å². The van der Waals surface area contributed by atoms with Gasteiger partial charge in [0, 0.05) is 12.3 Å². The van der Waals surface area contributed by atoms with Gasteiger partial charge in [-0.3, -0.25) is 14.3 Å². The van der Waals surface area contributed by atoms with E-state index in [0.29, 0.717) is 9.40 Å². The maximum atomic E-state index is 15.1. The Labute approximate surface area is 195 Å². The molecule has 0 aliphatic carbocycles. The monoisotopic (exact) mass is 513 g/mol. The number of carbonyl (C=O) groups excluding carboxylic acids is 1. The van der Waals surface area contributed by atoms with Crippen LogP contribution in [0.2, 0.25) is 0 Å². The molecular formula is C18H19FN6O9P+. The lowest BCUT2D eigenvalue weighted by Crippen LogP contribution is -2.46. The van der Waals surface area contributed by atoms with Crippen LogP contribution in [0.5, 0.6) is 5.75 Å². The van der Waals surface area contributed by atoms with Crippen molar-refractivity contribution in [3.05, 3.63) is 63.4 Å². The Bertz CT molecular complexity index is 1250. The number of aromatic nitrogens is 2. The van der Waals surface area contributed by atoms with Gasteiger partial charge in [0.25, 0.3) is 5.56 Å². The molecule has 1 aromatic carbocycles. The number of aliphatic hydroxyl groups is 1. The number of ether oxygens (including phenoxy) is 1. The number of aromatic amines is 1. The number of nitrogens with one attached hydrogen (secondary N) is 2. The van der Waals surface area contributed by atoms with Crippen LogP contribution < -0.4 is 26.1 Å². The number of carboxylic acids is 1. The number of hydroxylamine groups is 1. The first kappa shape index (κ1) is 26.0. The van der Waals surface area contributed by atoms with Crippen LogP contribution in [-0.2, 0) is 18.6 Å². The number of hydrogen-bond acceptors (Lipinski definition) is 11. The van der Waals surface area contributed by atoms with Crippen molar-refractivity contribution >= 4 is 14.1 Å². The zero-order valence-corrected chi connectivity index (χ0v) is 18.8. The van der Waals surface area contributed by atoms with E-state index in [1.165, 1.54) is 12.1 Å². The highest BCUT2D eigenvalue weighted by Crippen LogP contribution is 2.42. The lowest BCUT2D eigenvalue weighted by Gasteiger charge is -2.20. The number of alkyl halides is 1. The second-order valence-electron chi connectivity index (χ2n) is 7.18. The molecule has 3 N–H and O–H groups in total. The van der Waals surface area contributed by atoms with Crippen LogP contribution in [0.15, 0.2) is 57.3 Å². The zero-order valence-electron chi connectivity index (χ0n) is 17.9. The lowest BCUT2D eigenvalue weighted by atomic mass is 10.1. The van der Waals surface area contributed by atoms with Gasteiger partial charge in [0.1, 0.15) is 22.5 Å². The second-order valence-corrected chi connectivity index (χ2v) is 8.30. The Morgan fingerprint density at radius 2 is 2.14 bits per heavy atom. The first-order valence-corrected chi connectivity index (χ1v) is 11.0.